The molecule has 0 aliphatic rings. The summed E-state index contributed by atoms with van der Waals surface area (Å²) in [5, 5.41) is 2.57. The Balaban J connectivity index is 1.85. The van der Waals surface area contributed by atoms with Gasteiger partial charge in [0, 0.05) is 0 Å². The summed E-state index contributed by atoms with van der Waals surface area (Å²) >= 11 is 0. The highest BCUT2D eigenvalue weighted by Gasteiger charge is 2.34. The first kappa shape index (κ1) is 21.2. The smallest absolute Gasteiger partial charge is 0.467 e. The van der Waals surface area contributed by atoms with Crippen molar-refractivity contribution in [2.24, 2.45) is 0 Å². The van der Waals surface area contributed by atoms with E-state index in [1.165, 1.54) is 42.7 Å². The molecule has 0 radical (unpaired) electrons. The molecule has 0 aliphatic carbocycles. The molecule has 0 atom stereocenters. The molecule has 0 saturated carbocycles. The van der Waals surface area contributed by atoms with Gasteiger partial charge in [-0.2, -0.15) is 0 Å². The van der Waals surface area contributed by atoms with Gasteiger partial charge in [0.2, 0.25) is 0 Å². The molecule has 1 amide bonds. The molecule has 0 aliphatic heterocycles. The number of alkyl halides is 3. The number of carbonyl (C=O) groups excluding carboxylic acids is 1. The van der Waals surface area contributed by atoms with Crippen LogP contribution in [0.1, 0.15) is 16.1 Å². The van der Waals surface area contributed by atoms with Crippen molar-refractivity contribution in [3.8, 4) is 5.75 Å². The van der Waals surface area contributed by atoms with Crippen LogP contribution in [-0.2, 0) is 16.6 Å². The Labute approximate surface area is 169 Å². The van der Waals surface area contributed by atoms with Crippen LogP contribution in [0.15, 0.2) is 76.2 Å². The largest absolute Gasteiger partial charge is 0.573 e. The van der Waals surface area contributed by atoms with E-state index in [1.807, 2.05) is 0 Å². The Morgan fingerprint density at radius 1 is 1.00 bits per heavy atom. The van der Waals surface area contributed by atoms with Crippen molar-refractivity contribution in [3.05, 3.63) is 78.3 Å². The van der Waals surface area contributed by atoms with Crippen LogP contribution < -0.4 is 14.8 Å². The summed E-state index contributed by atoms with van der Waals surface area (Å²) in [6.45, 7) is 0.0647. The Morgan fingerprint density at radius 2 is 1.70 bits per heavy atom. The molecule has 3 aromatic rings. The number of ether oxygens (including phenoxy) is 1. The van der Waals surface area contributed by atoms with E-state index in [1.54, 1.807) is 12.1 Å². The van der Waals surface area contributed by atoms with E-state index in [4.69, 9.17) is 4.42 Å². The molecule has 11 heteroatoms. The minimum atomic E-state index is -5.07. The van der Waals surface area contributed by atoms with Crippen LogP contribution in [0.5, 0.6) is 5.75 Å². The second kappa shape index (κ2) is 8.49. The van der Waals surface area contributed by atoms with Gasteiger partial charge >= 0.3 is 6.36 Å². The van der Waals surface area contributed by atoms with Gasteiger partial charge in [-0.25, -0.2) is 8.42 Å². The van der Waals surface area contributed by atoms with Gasteiger partial charge in [-0.1, -0.05) is 24.3 Å². The molecule has 0 saturated heterocycles. The second-order valence-electron chi connectivity index (χ2n) is 5.91. The van der Waals surface area contributed by atoms with Crippen molar-refractivity contribution in [1.82, 2.24) is 5.32 Å². The lowest BCUT2D eigenvalue weighted by Gasteiger charge is -2.16. The number of anilines is 1. The Hall–Kier alpha value is -3.47. The van der Waals surface area contributed by atoms with Crippen LogP contribution in [0.3, 0.4) is 0 Å². The van der Waals surface area contributed by atoms with Gasteiger partial charge in [0.25, 0.3) is 15.9 Å². The molecule has 30 heavy (non-hydrogen) atoms. The monoisotopic (exact) mass is 440 g/mol. The van der Waals surface area contributed by atoms with E-state index in [2.05, 4.69) is 14.8 Å². The number of carbonyl (C=O) groups is 1. The molecule has 0 spiro atoms. The number of nitrogens with one attached hydrogen (secondary N) is 2. The summed E-state index contributed by atoms with van der Waals surface area (Å²) in [5.41, 5.74) is -0.141. The van der Waals surface area contributed by atoms with Gasteiger partial charge in [0.1, 0.15) is 16.4 Å². The highest BCUT2D eigenvalue weighted by atomic mass is 32.2. The number of halogens is 3. The third kappa shape index (κ3) is 5.32. The standard InChI is InChI=1S/C19H15F3N2O5S/c20-19(21,22)29-16-9-3-4-10-17(16)30(26,27)24-15-8-2-1-7-14(15)18(25)23-12-13-6-5-11-28-13/h1-11,24H,12H2,(H,23,25). The number of hydrogen-bond acceptors (Lipinski definition) is 5. The van der Waals surface area contributed by atoms with Crippen molar-refractivity contribution in [1.29, 1.82) is 0 Å². The quantitative estimate of drug-likeness (QED) is 0.581. The predicted octanol–water partition coefficient (Wildman–Crippen LogP) is 3.91. The molecular weight excluding hydrogens is 425 g/mol. The lowest BCUT2D eigenvalue weighted by molar-refractivity contribution is -0.275. The molecule has 0 bridgehead atoms. The maximum Gasteiger partial charge on any atom is 0.573 e. The third-order valence-corrected chi connectivity index (χ3v) is 5.19. The van der Waals surface area contributed by atoms with Gasteiger partial charge < -0.3 is 14.5 Å². The first-order chi connectivity index (χ1) is 14.2. The predicted molar refractivity (Wildman–Crippen MR) is 100 cm³/mol. The van der Waals surface area contributed by atoms with Crippen molar-refractivity contribution in [2.45, 2.75) is 17.8 Å². The SMILES string of the molecule is O=C(NCc1ccco1)c1ccccc1NS(=O)(=O)c1ccccc1OC(F)(F)F. The first-order valence-electron chi connectivity index (χ1n) is 8.43. The van der Waals surface area contributed by atoms with E-state index < -0.39 is 32.9 Å². The Bertz CT molecular complexity index is 1130. The first-order valence-corrected chi connectivity index (χ1v) is 9.91. The minimum Gasteiger partial charge on any atom is -0.467 e. The normalized spacial score (nSPS) is 11.7. The zero-order valence-electron chi connectivity index (χ0n) is 15.1. The number of sulfonamides is 1. The molecule has 3 rings (SSSR count). The average Bonchev–Trinajstić information content (AvgIpc) is 3.19. The Kier molecular flexibility index (Phi) is 6.01. The third-order valence-electron chi connectivity index (χ3n) is 3.78. The lowest BCUT2D eigenvalue weighted by Crippen LogP contribution is -2.25. The van der Waals surface area contributed by atoms with E-state index >= 15 is 0 Å². The second-order valence-corrected chi connectivity index (χ2v) is 7.56. The number of amides is 1. The van der Waals surface area contributed by atoms with Crippen molar-refractivity contribution in [3.63, 3.8) is 0 Å². The number of benzene rings is 2. The van der Waals surface area contributed by atoms with Crippen molar-refractivity contribution in [2.75, 3.05) is 4.72 Å². The number of para-hydroxylation sites is 2. The van der Waals surface area contributed by atoms with Crippen LogP contribution in [0.25, 0.3) is 0 Å². The zero-order valence-corrected chi connectivity index (χ0v) is 16.0. The summed E-state index contributed by atoms with van der Waals surface area (Å²) < 4.78 is 74.3. The molecule has 7 nitrogen and oxygen atoms in total. The average molecular weight is 440 g/mol. The van der Waals surface area contributed by atoms with Crippen LogP contribution in [0, 0.1) is 0 Å². The minimum absolute atomic E-state index is 0.0261. The summed E-state index contributed by atoms with van der Waals surface area (Å²) in [6, 6.07) is 13.2. The molecule has 2 aromatic carbocycles. The molecule has 2 N–H and O–H groups in total. The van der Waals surface area contributed by atoms with Crippen LogP contribution in [0.4, 0.5) is 18.9 Å². The fourth-order valence-electron chi connectivity index (χ4n) is 2.53. The van der Waals surface area contributed by atoms with E-state index in [-0.39, 0.29) is 17.8 Å². The van der Waals surface area contributed by atoms with Crippen LogP contribution >= 0.6 is 0 Å². The lowest BCUT2D eigenvalue weighted by atomic mass is 10.1. The summed E-state index contributed by atoms with van der Waals surface area (Å²) in [6.07, 6.45) is -3.64. The molecular formula is C19H15F3N2O5S. The fraction of sp³-hybridized carbons (Fsp3) is 0.105. The fourth-order valence-corrected chi connectivity index (χ4v) is 3.74. The highest BCUT2D eigenvalue weighted by molar-refractivity contribution is 7.92. The van der Waals surface area contributed by atoms with Gasteiger partial charge in [0.05, 0.1) is 24.1 Å². The van der Waals surface area contributed by atoms with Crippen LogP contribution in [0.2, 0.25) is 0 Å². The molecule has 158 valence electrons. The van der Waals surface area contributed by atoms with E-state index in [0.717, 1.165) is 12.1 Å². The van der Waals surface area contributed by atoms with Crippen molar-refractivity contribution < 1.29 is 35.5 Å². The summed E-state index contributed by atoms with van der Waals surface area (Å²) in [5.74, 6) is -1.01. The number of hydrogen-bond donors (Lipinski definition) is 2. The highest BCUT2D eigenvalue weighted by Crippen LogP contribution is 2.31. The van der Waals surface area contributed by atoms with Gasteiger partial charge in [-0.05, 0) is 36.4 Å². The molecule has 1 aromatic heterocycles. The summed E-state index contributed by atoms with van der Waals surface area (Å²) in [4.78, 5) is 11.7. The van der Waals surface area contributed by atoms with E-state index in [9.17, 15) is 26.4 Å². The maximum absolute atomic E-state index is 12.7. The zero-order chi connectivity index (χ0) is 21.8. The van der Waals surface area contributed by atoms with Crippen LogP contribution in [-0.4, -0.2) is 20.7 Å². The molecule has 0 fully saturated rings. The number of rotatable bonds is 7. The molecule has 1 heterocycles. The Morgan fingerprint density at radius 3 is 2.40 bits per heavy atom. The van der Waals surface area contributed by atoms with Crippen molar-refractivity contribution >= 4 is 21.6 Å². The number of furan rings is 1. The maximum atomic E-state index is 12.7. The topological polar surface area (TPSA) is 97.6 Å². The van der Waals surface area contributed by atoms with E-state index in [0.29, 0.717) is 5.76 Å². The van der Waals surface area contributed by atoms with Gasteiger partial charge in [-0.3, -0.25) is 9.52 Å². The van der Waals surface area contributed by atoms with Gasteiger partial charge in [0.15, 0.2) is 0 Å². The van der Waals surface area contributed by atoms with Gasteiger partial charge in [-0.15, -0.1) is 13.2 Å². The molecule has 0 unspecified atom stereocenters. The summed E-state index contributed by atoms with van der Waals surface area (Å²) in [7, 11) is -4.50.